The van der Waals surface area contributed by atoms with Crippen molar-refractivity contribution in [3.8, 4) is 0 Å². The van der Waals surface area contributed by atoms with Gasteiger partial charge in [0.05, 0.1) is 11.6 Å². The summed E-state index contributed by atoms with van der Waals surface area (Å²) in [7, 11) is 0. The van der Waals surface area contributed by atoms with Gasteiger partial charge in [0.2, 0.25) is 5.65 Å². The normalized spacial score (nSPS) is 10.2. The molecule has 4 heteroatoms. The summed E-state index contributed by atoms with van der Waals surface area (Å²) in [4.78, 5) is 0. The van der Waals surface area contributed by atoms with Crippen LogP contribution in [0.1, 0.15) is 0 Å². The van der Waals surface area contributed by atoms with Gasteiger partial charge in [0.25, 0.3) is 0 Å². The number of fused-ring (bicyclic) bond motifs is 1. The number of aromatic nitrogens is 3. The first kappa shape index (κ1) is 4.43. The van der Waals surface area contributed by atoms with E-state index in [2.05, 4.69) is 25.9 Å². The van der Waals surface area contributed by atoms with Gasteiger partial charge >= 0.3 is 0 Å². The molecule has 0 aliphatic rings. The molecular formula is C5H2N3O. The zero-order chi connectivity index (χ0) is 6.10. The van der Waals surface area contributed by atoms with Gasteiger partial charge in [-0.1, -0.05) is 5.16 Å². The molecule has 2 aromatic heterocycles. The van der Waals surface area contributed by atoms with Gasteiger partial charge in [-0.25, -0.2) is 0 Å². The summed E-state index contributed by atoms with van der Waals surface area (Å²) in [6.07, 6.45) is 2.95. The highest BCUT2D eigenvalue weighted by Crippen LogP contribution is 2.03. The van der Waals surface area contributed by atoms with Crippen molar-refractivity contribution in [2.24, 2.45) is 0 Å². The molecule has 0 saturated carbocycles. The van der Waals surface area contributed by atoms with Crippen LogP contribution in [-0.2, 0) is 0 Å². The summed E-state index contributed by atoms with van der Waals surface area (Å²) in [6.45, 7) is 0. The third kappa shape index (κ3) is 0.561. The van der Waals surface area contributed by atoms with Gasteiger partial charge in [-0.15, -0.1) is 5.10 Å². The Morgan fingerprint density at radius 2 is 2.56 bits per heavy atom. The Kier molecular flexibility index (Phi) is 0.745. The molecule has 9 heavy (non-hydrogen) atoms. The highest BCUT2D eigenvalue weighted by molar-refractivity contribution is 5.70. The SMILES string of the molecule is [c]1cnnc2nocc12. The molecule has 0 saturated heterocycles. The van der Waals surface area contributed by atoms with Gasteiger partial charge in [0.15, 0.2) is 0 Å². The lowest BCUT2D eigenvalue weighted by Gasteiger charge is -1.75. The van der Waals surface area contributed by atoms with E-state index in [1.807, 2.05) is 0 Å². The molecule has 2 rings (SSSR count). The fourth-order valence-electron chi connectivity index (χ4n) is 0.584. The zero-order valence-electron chi connectivity index (χ0n) is 4.40. The Labute approximate surface area is 50.5 Å². The van der Waals surface area contributed by atoms with Crippen molar-refractivity contribution < 1.29 is 4.52 Å². The molecule has 0 spiro atoms. The first-order chi connectivity index (χ1) is 4.47. The van der Waals surface area contributed by atoms with Crippen molar-refractivity contribution >= 4 is 11.0 Å². The third-order valence-electron chi connectivity index (χ3n) is 0.981. The van der Waals surface area contributed by atoms with Crippen molar-refractivity contribution in [1.29, 1.82) is 0 Å². The zero-order valence-corrected chi connectivity index (χ0v) is 4.40. The maximum atomic E-state index is 4.58. The predicted molar refractivity (Wildman–Crippen MR) is 28.4 cm³/mol. The molecule has 0 bridgehead atoms. The summed E-state index contributed by atoms with van der Waals surface area (Å²) in [5.74, 6) is 0. The molecule has 2 aromatic rings. The standard InChI is InChI=1S/C5H2N3O/c1-2-6-7-5-4(1)3-9-8-5/h2-3H. The maximum Gasteiger partial charge on any atom is 0.224 e. The molecule has 4 nitrogen and oxygen atoms in total. The summed E-state index contributed by atoms with van der Waals surface area (Å²) in [5, 5.41) is 11.5. The molecule has 0 amide bonds. The van der Waals surface area contributed by atoms with Crippen molar-refractivity contribution in [2.45, 2.75) is 0 Å². The second-order valence-electron chi connectivity index (χ2n) is 1.54. The van der Waals surface area contributed by atoms with E-state index >= 15 is 0 Å². The molecule has 0 atom stereocenters. The summed E-state index contributed by atoms with van der Waals surface area (Å²) in [5.41, 5.74) is 0.498. The largest absolute Gasteiger partial charge is 0.362 e. The van der Waals surface area contributed by atoms with E-state index in [9.17, 15) is 0 Å². The molecule has 0 aromatic carbocycles. The van der Waals surface area contributed by atoms with E-state index in [0.717, 1.165) is 5.39 Å². The fraction of sp³-hybridized carbons (Fsp3) is 0. The fourth-order valence-corrected chi connectivity index (χ4v) is 0.584. The van der Waals surface area contributed by atoms with Gasteiger partial charge in [0.1, 0.15) is 6.26 Å². The van der Waals surface area contributed by atoms with Crippen molar-refractivity contribution in [2.75, 3.05) is 0 Å². The van der Waals surface area contributed by atoms with E-state index in [4.69, 9.17) is 0 Å². The summed E-state index contributed by atoms with van der Waals surface area (Å²) >= 11 is 0. The molecule has 0 aliphatic heterocycles. The van der Waals surface area contributed by atoms with E-state index in [-0.39, 0.29) is 0 Å². The molecular weight excluding hydrogens is 118 g/mol. The first-order valence-electron chi connectivity index (χ1n) is 2.40. The van der Waals surface area contributed by atoms with Gasteiger partial charge in [-0.2, -0.15) is 5.10 Å². The molecule has 0 unspecified atom stereocenters. The predicted octanol–water partition coefficient (Wildman–Crippen LogP) is 0.418. The third-order valence-corrected chi connectivity index (χ3v) is 0.981. The Hall–Kier alpha value is -1.45. The topological polar surface area (TPSA) is 51.8 Å². The van der Waals surface area contributed by atoms with Crippen LogP contribution in [0.15, 0.2) is 17.0 Å². The van der Waals surface area contributed by atoms with Crippen molar-refractivity contribution in [3.63, 3.8) is 0 Å². The van der Waals surface area contributed by atoms with Crippen LogP contribution in [0, 0.1) is 6.07 Å². The first-order valence-corrected chi connectivity index (χ1v) is 2.40. The molecule has 1 radical (unpaired) electrons. The second kappa shape index (κ2) is 1.51. The highest BCUT2D eigenvalue weighted by atomic mass is 16.5. The lowest BCUT2D eigenvalue weighted by Crippen LogP contribution is -1.78. The van der Waals surface area contributed by atoms with E-state index in [1.165, 1.54) is 12.5 Å². The summed E-state index contributed by atoms with van der Waals surface area (Å²) in [6, 6.07) is 2.80. The van der Waals surface area contributed by atoms with Crippen molar-refractivity contribution in [1.82, 2.24) is 15.4 Å². The summed E-state index contributed by atoms with van der Waals surface area (Å²) < 4.78 is 4.58. The van der Waals surface area contributed by atoms with Crippen LogP contribution in [0.3, 0.4) is 0 Å². The van der Waals surface area contributed by atoms with Crippen LogP contribution >= 0.6 is 0 Å². The Morgan fingerprint density at radius 3 is 3.44 bits per heavy atom. The molecule has 0 aliphatic carbocycles. The molecule has 0 N–H and O–H groups in total. The Morgan fingerprint density at radius 1 is 1.56 bits per heavy atom. The lowest BCUT2D eigenvalue weighted by molar-refractivity contribution is 0.426. The van der Waals surface area contributed by atoms with Crippen LogP contribution in [0.25, 0.3) is 11.0 Å². The second-order valence-corrected chi connectivity index (χ2v) is 1.54. The number of rotatable bonds is 0. The average molecular weight is 120 g/mol. The molecule has 2 heterocycles. The Balaban J connectivity index is 2.95. The van der Waals surface area contributed by atoms with Crippen LogP contribution in [-0.4, -0.2) is 15.4 Å². The minimum atomic E-state index is 0.498. The van der Waals surface area contributed by atoms with Crippen LogP contribution < -0.4 is 0 Å². The number of hydrogen-bond donors (Lipinski definition) is 0. The van der Waals surface area contributed by atoms with E-state index < -0.39 is 0 Å². The van der Waals surface area contributed by atoms with Gasteiger partial charge < -0.3 is 4.52 Å². The average Bonchev–Trinajstić information content (AvgIpc) is 2.33. The van der Waals surface area contributed by atoms with Crippen LogP contribution in [0.2, 0.25) is 0 Å². The molecule has 0 fully saturated rings. The number of hydrogen-bond acceptors (Lipinski definition) is 4. The van der Waals surface area contributed by atoms with Gasteiger partial charge in [-0.05, 0) is 0 Å². The van der Waals surface area contributed by atoms with E-state index in [0.29, 0.717) is 5.65 Å². The molecule has 43 valence electrons. The van der Waals surface area contributed by atoms with Crippen molar-refractivity contribution in [3.05, 3.63) is 18.5 Å². The quantitative estimate of drug-likeness (QED) is 0.505. The van der Waals surface area contributed by atoms with Gasteiger partial charge in [0, 0.05) is 6.07 Å². The van der Waals surface area contributed by atoms with Crippen LogP contribution in [0.4, 0.5) is 0 Å². The van der Waals surface area contributed by atoms with Gasteiger partial charge in [-0.3, -0.25) is 0 Å². The highest BCUT2D eigenvalue weighted by Gasteiger charge is 1.95. The minimum absolute atomic E-state index is 0.498. The smallest absolute Gasteiger partial charge is 0.224 e. The maximum absolute atomic E-state index is 4.58. The van der Waals surface area contributed by atoms with E-state index in [1.54, 1.807) is 0 Å². The monoisotopic (exact) mass is 120 g/mol. The van der Waals surface area contributed by atoms with Crippen LogP contribution in [0.5, 0.6) is 0 Å². The Bertz CT molecular complexity index is 286. The lowest BCUT2D eigenvalue weighted by atomic mass is 10.4. The minimum Gasteiger partial charge on any atom is -0.362 e. The number of nitrogens with zero attached hydrogens (tertiary/aromatic N) is 3.